The maximum Gasteiger partial charge on any atom is 0.410 e. The Bertz CT molecular complexity index is 1120. The summed E-state index contributed by atoms with van der Waals surface area (Å²) in [6.45, 7) is 0. The first-order valence-corrected chi connectivity index (χ1v) is 10.7. The minimum Gasteiger partial charge on any atom is -0.493 e. The van der Waals surface area contributed by atoms with Gasteiger partial charge in [0, 0.05) is 29.1 Å². The van der Waals surface area contributed by atoms with Gasteiger partial charge < -0.3 is 24.8 Å². The molecule has 8 nitrogen and oxygen atoms in total. The van der Waals surface area contributed by atoms with Crippen molar-refractivity contribution in [1.29, 1.82) is 0 Å². The Labute approximate surface area is 191 Å². The zero-order valence-corrected chi connectivity index (χ0v) is 18.7. The van der Waals surface area contributed by atoms with Gasteiger partial charge in [0.1, 0.15) is 11.4 Å². The summed E-state index contributed by atoms with van der Waals surface area (Å²) in [6, 6.07) is 4.12. The molecule has 3 aromatic rings. The molecule has 1 amide bonds. The van der Waals surface area contributed by atoms with Crippen LogP contribution in [0.3, 0.4) is 0 Å². The van der Waals surface area contributed by atoms with E-state index in [1.54, 1.807) is 17.5 Å². The van der Waals surface area contributed by atoms with Gasteiger partial charge in [-0.05, 0) is 11.4 Å². The van der Waals surface area contributed by atoms with Gasteiger partial charge in [-0.15, -0.1) is 11.3 Å². The average Bonchev–Trinajstić information content (AvgIpc) is 3.47. The van der Waals surface area contributed by atoms with Crippen molar-refractivity contribution in [2.45, 2.75) is 24.7 Å². The number of nitrogens with one attached hydrogen (secondary N) is 2. The third-order valence-electron chi connectivity index (χ3n) is 5.29. The number of hydrogen-bond donors (Lipinski definition) is 2. The highest BCUT2D eigenvalue weighted by Crippen LogP contribution is 2.45. The van der Waals surface area contributed by atoms with Gasteiger partial charge in [0.05, 0.1) is 33.6 Å². The molecule has 176 valence electrons. The number of benzene rings is 1. The Kier molecular flexibility index (Phi) is 6.11. The van der Waals surface area contributed by atoms with Crippen LogP contribution < -0.4 is 24.8 Å². The number of amides is 1. The molecule has 12 heteroatoms. The summed E-state index contributed by atoms with van der Waals surface area (Å²) in [4.78, 5) is 13.8. The molecule has 1 aromatic carbocycles. The molecule has 3 heterocycles. The van der Waals surface area contributed by atoms with E-state index in [-0.39, 0.29) is 17.8 Å². The first kappa shape index (κ1) is 22.8. The van der Waals surface area contributed by atoms with Crippen LogP contribution in [-0.2, 0) is 0 Å². The highest BCUT2D eigenvalue weighted by atomic mass is 32.1. The van der Waals surface area contributed by atoms with Crippen molar-refractivity contribution in [2.75, 3.05) is 32.0 Å². The fourth-order valence-corrected chi connectivity index (χ4v) is 4.55. The predicted octanol–water partition coefficient (Wildman–Crippen LogP) is 4.88. The molecule has 1 aliphatic rings. The number of rotatable bonds is 6. The van der Waals surface area contributed by atoms with E-state index in [1.165, 1.54) is 44.8 Å². The molecule has 0 bridgehead atoms. The van der Waals surface area contributed by atoms with Gasteiger partial charge in [-0.1, -0.05) is 6.07 Å². The summed E-state index contributed by atoms with van der Waals surface area (Å²) >= 11 is 1.35. The minimum atomic E-state index is -4.52. The number of carbonyl (C=O) groups excluding carboxylic acids is 1. The lowest BCUT2D eigenvalue weighted by Crippen LogP contribution is -2.36. The van der Waals surface area contributed by atoms with E-state index in [2.05, 4.69) is 15.7 Å². The summed E-state index contributed by atoms with van der Waals surface area (Å²) in [5, 5.41) is 11.4. The summed E-state index contributed by atoms with van der Waals surface area (Å²) in [6.07, 6.45) is -3.62. The Hall–Kier alpha value is -3.41. The standard InChI is InChI=1S/C21H21F3N4O4S/c1-30-14-7-11(8-15(31-2)18(14)32-3)26-20(29)12-10-25-28-17(21(22,23)24)9-13(27-19(12)28)16-5-4-6-33-16/h4-8,10,13,17,27H,9H2,1-3H3,(H,26,29). The first-order valence-electron chi connectivity index (χ1n) is 9.82. The van der Waals surface area contributed by atoms with Gasteiger partial charge in [-0.2, -0.15) is 18.3 Å². The van der Waals surface area contributed by atoms with Crippen molar-refractivity contribution >= 4 is 28.7 Å². The fourth-order valence-electron chi connectivity index (χ4n) is 3.76. The molecule has 0 aliphatic carbocycles. The second-order valence-corrected chi connectivity index (χ2v) is 8.20. The molecule has 0 radical (unpaired) electrons. The van der Waals surface area contributed by atoms with E-state index < -0.39 is 24.2 Å². The Morgan fingerprint density at radius 3 is 2.45 bits per heavy atom. The van der Waals surface area contributed by atoms with Crippen LogP contribution in [0.5, 0.6) is 17.2 Å². The molecular weight excluding hydrogens is 461 g/mol. The van der Waals surface area contributed by atoms with Crippen molar-refractivity contribution < 1.29 is 32.2 Å². The second kappa shape index (κ2) is 8.85. The number of nitrogens with zero attached hydrogens (tertiary/aromatic N) is 2. The molecule has 2 unspecified atom stereocenters. The maximum atomic E-state index is 13.8. The molecule has 2 N–H and O–H groups in total. The van der Waals surface area contributed by atoms with E-state index in [9.17, 15) is 18.0 Å². The summed E-state index contributed by atoms with van der Waals surface area (Å²) in [7, 11) is 4.32. The van der Waals surface area contributed by atoms with Crippen molar-refractivity contribution in [2.24, 2.45) is 0 Å². The number of halogens is 3. The molecule has 33 heavy (non-hydrogen) atoms. The van der Waals surface area contributed by atoms with Gasteiger partial charge >= 0.3 is 6.18 Å². The SMILES string of the molecule is COc1cc(NC(=O)c2cnn3c2NC(c2cccs2)CC3C(F)(F)F)cc(OC)c1OC. The van der Waals surface area contributed by atoms with E-state index in [4.69, 9.17) is 14.2 Å². The van der Waals surface area contributed by atoms with Crippen LogP contribution in [0.2, 0.25) is 0 Å². The number of ether oxygens (including phenoxy) is 3. The van der Waals surface area contributed by atoms with Crippen LogP contribution in [0.25, 0.3) is 0 Å². The van der Waals surface area contributed by atoms with Crippen LogP contribution in [0, 0.1) is 0 Å². The number of fused-ring (bicyclic) bond motifs is 1. The molecule has 2 atom stereocenters. The Morgan fingerprint density at radius 1 is 1.21 bits per heavy atom. The second-order valence-electron chi connectivity index (χ2n) is 7.23. The minimum absolute atomic E-state index is 0.00640. The number of anilines is 2. The lowest BCUT2D eigenvalue weighted by Gasteiger charge is -2.33. The van der Waals surface area contributed by atoms with Crippen molar-refractivity contribution in [3.63, 3.8) is 0 Å². The Morgan fingerprint density at radius 2 is 1.91 bits per heavy atom. The Balaban J connectivity index is 1.68. The number of thiophene rings is 1. The maximum absolute atomic E-state index is 13.8. The molecule has 0 fully saturated rings. The van der Waals surface area contributed by atoms with Gasteiger partial charge in [-0.25, -0.2) is 4.68 Å². The monoisotopic (exact) mass is 482 g/mol. The number of carbonyl (C=O) groups is 1. The summed E-state index contributed by atoms with van der Waals surface area (Å²) < 4.78 is 58.1. The lowest BCUT2D eigenvalue weighted by atomic mass is 10.0. The highest BCUT2D eigenvalue weighted by Gasteiger charge is 2.47. The smallest absolute Gasteiger partial charge is 0.410 e. The molecular formula is C21H21F3N4O4S. The van der Waals surface area contributed by atoms with Crippen LogP contribution in [-0.4, -0.2) is 43.2 Å². The van der Waals surface area contributed by atoms with Crippen LogP contribution in [0.4, 0.5) is 24.7 Å². The zero-order valence-electron chi connectivity index (χ0n) is 17.9. The van der Waals surface area contributed by atoms with Crippen molar-refractivity contribution in [3.8, 4) is 17.2 Å². The van der Waals surface area contributed by atoms with Crippen LogP contribution in [0.15, 0.2) is 35.8 Å². The largest absolute Gasteiger partial charge is 0.493 e. The van der Waals surface area contributed by atoms with Gasteiger partial charge in [0.15, 0.2) is 17.5 Å². The third-order valence-corrected chi connectivity index (χ3v) is 6.28. The highest BCUT2D eigenvalue weighted by molar-refractivity contribution is 7.10. The van der Waals surface area contributed by atoms with Gasteiger partial charge in [0.2, 0.25) is 5.75 Å². The first-order chi connectivity index (χ1) is 15.8. The predicted molar refractivity (Wildman–Crippen MR) is 117 cm³/mol. The molecule has 2 aromatic heterocycles. The normalized spacial score (nSPS) is 17.6. The van der Waals surface area contributed by atoms with E-state index in [0.29, 0.717) is 22.9 Å². The third kappa shape index (κ3) is 4.30. The van der Waals surface area contributed by atoms with E-state index in [1.807, 2.05) is 0 Å². The molecule has 0 saturated carbocycles. The molecule has 4 rings (SSSR count). The number of hydrogen-bond acceptors (Lipinski definition) is 7. The molecule has 0 saturated heterocycles. The summed E-state index contributed by atoms with van der Waals surface area (Å²) in [5.41, 5.74) is 0.298. The van der Waals surface area contributed by atoms with Crippen LogP contribution >= 0.6 is 11.3 Å². The number of aromatic nitrogens is 2. The van der Waals surface area contributed by atoms with Gasteiger partial charge in [0.25, 0.3) is 5.91 Å². The summed E-state index contributed by atoms with van der Waals surface area (Å²) in [5.74, 6) is 0.349. The van der Waals surface area contributed by atoms with E-state index >= 15 is 0 Å². The number of alkyl halides is 3. The van der Waals surface area contributed by atoms with Gasteiger partial charge in [-0.3, -0.25) is 4.79 Å². The molecule has 1 aliphatic heterocycles. The fraction of sp³-hybridized carbons (Fsp3) is 0.333. The lowest BCUT2D eigenvalue weighted by molar-refractivity contribution is -0.173. The quantitative estimate of drug-likeness (QED) is 0.521. The molecule has 0 spiro atoms. The average molecular weight is 482 g/mol. The van der Waals surface area contributed by atoms with Crippen molar-refractivity contribution in [1.82, 2.24) is 9.78 Å². The van der Waals surface area contributed by atoms with Crippen LogP contribution in [0.1, 0.15) is 33.7 Å². The topological polar surface area (TPSA) is 86.6 Å². The number of methoxy groups -OCH3 is 3. The van der Waals surface area contributed by atoms with E-state index in [0.717, 1.165) is 15.8 Å². The zero-order chi connectivity index (χ0) is 23.8. The van der Waals surface area contributed by atoms with Crippen molar-refractivity contribution in [3.05, 3.63) is 46.3 Å².